The van der Waals surface area contributed by atoms with Crippen LogP contribution in [0.25, 0.3) is 0 Å². The fourth-order valence-electron chi connectivity index (χ4n) is 0.801. The number of hydrogen-bond donors (Lipinski definition) is 2. The molecule has 0 aromatic heterocycles. The van der Waals surface area contributed by atoms with Crippen molar-refractivity contribution in [3.63, 3.8) is 0 Å². The van der Waals surface area contributed by atoms with E-state index >= 15 is 0 Å². The van der Waals surface area contributed by atoms with Gasteiger partial charge in [-0.1, -0.05) is 0 Å². The van der Waals surface area contributed by atoms with Gasteiger partial charge in [-0.3, -0.25) is 0 Å². The van der Waals surface area contributed by atoms with Crippen LogP contribution in [0.4, 0.5) is 0 Å². The van der Waals surface area contributed by atoms with Crippen LogP contribution < -0.4 is 5.73 Å². The first-order valence-corrected chi connectivity index (χ1v) is 4.35. The molecule has 0 aromatic carbocycles. The van der Waals surface area contributed by atoms with Crippen LogP contribution in [-0.4, -0.2) is 44.2 Å². The summed E-state index contributed by atoms with van der Waals surface area (Å²) >= 11 is 0. The molecular weight excluding hydrogens is 158 g/mol. The second kappa shape index (κ2) is 8.93. The van der Waals surface area contributed by atoms with Crippen molar-refractivity contribution in [2.75, 3.05) is 33.0 Å². The number of nitrogens with two attached hydrogens (primary N) is 1. The Balaban J connectivity index is 3.19. The predicted molar refractivity (Wildman–Crippen MR) is 47.0 cm³/mol. The SMILES string of the molecule is CCOC(CN)COCCCO. The van der Waals surface area contributed by atoms with Crippen molar-refractivity contribution in [1.82, 2.24) is 0 Å². The van der Waals surface area contributed by atoms with Gasteiger partial charge in [-0.25, -0.2) is 0 Å². The summed E-state index contributed by atoms with van der Waals surface area (Å²) in [4.78, 5) is 0. The summed E-state index contributed by atoms with van der Waals surface area (Å²) in [5.74, 6) is 0. The van der Waals surface area contributed by atoms with Gasteiger partial charge in [-0.05, 0) is 13.3 Å². The van der Waals surface area contributed by atoms with Crippen molar-refractivity contribution in [3.8, 4) is 0 Å². The predicted octanol–water partition coefficient (Wildman–Crippen LogP) is -0.251. The second-order valence-electron chi connectivity index (χ2n) is 2.47. The van der Waals surface area contributed by atoms with Gasteiger partial charge in [-0.15, -0.1) is 0 Å². The largest absolute Gasteiger partial charge is 0.396 e. The molecule has 0 spiro atoms. The van der Waals surface area contributed by atoms with E-state index in [1.54, 1.807) is 0 Å². The minimum absolute atomic E-state index is 0.00584. The Morgan fingerprint density at radius 3 is 2.75 bits per heavy atom. The second-order valence-corrected chi connectivity index (χ2v) is 2.47. The van der Waals surface area contributed by atoms with E-state index in [2.05, 4.69) is 0 Å². The molecule has 4 nitrogen and oxygen atoms in total. The lowest BCUT2D eigenvalue weighted by Gasteiger charge is -2.14. The van der Waals surface area contributed by atoms with Crippen LogP contribution >= 0.6 is 0 Å². The topological polar surface area (TPSA) is 64.7 Å². The van der Waals surface area contributed by atoms with Crippen molar-refractivity contribution in [2.45, 2.75) is 19.4 Å². The Hall–Kier alpha value is -0.160. The maximum absolute atomic E-state index is 8.46. The van der Waals surface area contributed by atoms with Crippen molar-refractivity contribution in [2.24, 2.45) is 5.73 Å². The molecule has 0 amide bonds. The number of ether oxygens (including phenoxy) is 2. The molecule has 74 valence electrons. The molecule has 0 aliphatic carbocycles. The Morgan fingerprint density at radius 1 is 1.50 bits per heavy atom. The van der Waals surface area contributed by atoms with Crippen LogP contribution in [0.3, 0.4) is 0 Å². The third-order valence-electron chi connectivity index (χ3n) is 1.42. The zero-order chi connectivity index (χ0) is 9.23. The lowest BCUT2D eigenvalue weighted by atomic mass is 10.4. The highest BCUT2D eigenvalue weighted by atomic mass is 16.5. The Morgan fingerprint density at radius 2 is 2.25 bits per heavy atom. The minimum atomic E-state index is -0.00584. The van der Waals surface area contributed by atoms with Gasteiger partial charge in [-0.2, -0.15) is 0 Å². The fraction of sp³-hybridized carbons (Fsp3) is 1.00. The highest BCUT2D eigenvalue weighted by molar-refractivity contribution is 4.55. The molecule has 0 aromatic rings. The maximum Gasteiger partial charge on any atom is 0.0930 e. The van der Waals surface area contributed by atoms with E-state index in [1.165, 1.54) is 0 Å². The molecule has 0 bridgehead atoms. The summed E-state index contributed by atoms with van der Waals surface area (Å²) in [6, 6.07) is 0. The Labute approximate surface area is 73.7 Å². The van der Waals surface area contributed by atoms with Crippen LogP contribution in [0.2, 0.25) is 0 Å². The van der Waals surface area contributed by atoms with Crippen LogP contribution in [0.1, 0.15) is 13.3 Å². The van der Waals surface area contributed by atoms with E-state index in [4.69, 9.17) is 20.3 Å². The van der Waals surface area contributed by atoms with Gasteiger partial charge in [0.1, 0.15) is 0 Å². The third-order valence-corrected chi connectivity index (χ3v) is 1.42. The molecule has 0 rings (SSSR count). The van der Waals surface area contributed by atoms with Crippen molar-refractivity contribution >= 4 is 0 Å². The van der Waals surface area contributed by atoms with Crippen molar-refractivity contribution in [3.05, 3.63) is 0 Å². The molecule has 1 unspecified atom stereocenters. The Bertz CT molecular complexity index is 90.4. The molecule has 0 radical (unpaired) electrons. The van der Waals surface area contributed by atoms with Gasteiger partial charge in [0.2, 0.25) is 0 Å². The summed E-state index contributed by atoms with van der Waals surface area (Å²) < 4.78 is 10.5. The van der Waals surface area contributed by atoms with E-state index < -0.39 is 0 Å². The average molecular weight is 177 g/mol. The van der Waals surface area contributed by atoms with Crippen LogP contribution in [0.15, 0.2) is 0 Å². The van der Waals surface area contributed by atoms with Crippen LogP contribution in [-0.2, 0) is 9.47 Å². The molecule has 0 saturated carbocycles. The van der Waals surface area contributed by atoms with E-state index in [1.807, 2.05) is 6.92 Å². The molecule has 0 aliphatic heterocycles. The standard InChI is InChI=1S/C8H19NO3/c1-2-12-8(6-9)7-11-5-3-4-10/h8,10H,2-7,9H2,1H3. The molecule has 3 N–H and O–H groups in total. The van der Waals surface area contributed by atoms with Gasteiger partial charge in [0.25, 0.3) is 0 Å². The molecule has 1 atom stereocenters. The number of aliphatic hydroxyl groups excluding tert-OH is 1. The van der Waals surface area contributed by atoms with Crippen LogP contribution in [0, 0.1) is 0 Å². The number of hydrogen-bond acceptors (Lipinski definition) is 4. The third kappa shape index (κ3) is 6.54. The normalized spacial score (nSPS) is 13.2. The first kappa shape index (κ1) is 11.8. The first-order chi connectivity index (χ1) is 5.85. The minimum Gasteiger partial charge on any atom is -0.396 e. The summed E-state index contributed by atoms with van der Waals surface area (Å²) in [6.45, 7) is 4.32. The van der Waals surface area contributed by atoms with Crippen LogP contribution in [0.5, 0.6) is 0 Å². The van der Waals surface area contributed by atoms with Gasteiger partial charge in [0, 0.05) is 26.4 Å². The van der Waals surface area contributed by atoms with Gasteiger partial charge >= 0.3 is 0 Å². The lowest BCUT2D eigenvalue weighted by molar-refractivity contribution is -0.00915. The first-order valence-electron chi connectivity index (χ1n) is 4.35. The summed E-state index contributed by atoms with van der Waals surface area (Å²) in [5, 5.41) is 8.46. The molecule has 0 heterocycles. The number of aliphatic hydroxyl groups is 1. The summed E-state index contributed by atoms with van der Waals surface area (Å²) in [5.41, 5.74) is 5.42. The summed E-state index contributed by atoms with van der Waals surface area (Å²) in [6.07, 6.45) is 0.664. The van der Waals surface area contributed by atoms with E-state index in [0.717, 1.165) is 0 Å². The molecule has 0 aliphatic rings. The zero-order valence-corrected chi connectivity index (χ0v) is 7.66. The molecule has 0 saturated heterocycles. The van der Waals surface area contributed by atoms with E-state index in [9.17, 15) is 0 Å². The quantitative estimate of drug-likeness (QED) is 0.502. The van der Waals surface area contributed by atoms with Gasteiger partial charge in [0.15, 0.2) is 0 Å². The highest BCUT2D eigenvalue weighted by Crippen LogP contribution is 1.91. The average Bonchev–Trinajstić information content (AvgIpc) is 2.10. The fourth-order valence-corrected chi connectivity index (χ4v) is 0.801. The van der Waals surface area contributed by atoms with E-state index in [-0.39, 0.29) is 12.7 Å². The van der Waals surface area contributed by atoms with Gasteiger partial charge < -0.3 is 20.3 Å². The zero-order valence-electron chi connectivity index (χ0n) is 7.66. The maximum atomic E-state index is 8.46. The highest BCUT2D eigenvalue weighted by Gasteiger charge is 2.04. The molecule has 4 heteroatoms. The van der Waals surface area contributed by atoms with Crippen molar-refractivity contribution in [1.29, 1.82) is 0 Å². The number of rotatable bonds is 8. The smallest absolute Gasteiger partial charge is 0.0930 e. The van der Waals surface area contributed by atoms with Gasteiger partial charge in [0.05, 0.1) is 12.7 Å². The molecule has 0 fully saturated rings. The molecule has 12 heavy (non-hydrogen) atoms. The Kier molecular flexibility index (Phi) is 8.81. The molecular formula is C8H19NO3. The summed E-state index contributed by atoms with van der Waals surface area (Å²) in [7, 11) is 0. The monoisotopic (exact) mass is 177 g/mol. The van der Waals surface area contributed by atoms with E-state index in [0.29, 0.717) is 32.8 Å². The van der Waals surface area contributed by atoms with Crippen molar-refractivity contribution < 1.29 is 14.6 Å². The lowest BCUT2D eigenvalue weighted by Crippen LogP contribution is -2.29.